The highest BCUT2D eigenvalue weighted by molar-refractivity contribution is 6.07. The van der Waals surface area contributed by atoms with Crippen LogP contribution in [0.1, 0.15) is 35.8 Å². The number of amides is 1. The highest BCUT2D eigenvalue weighted by Gasteiger charge is 2.19. The number of carbonyl (C=O) groups excluding carboxylic acids is 1. The number of rotatable bonds is 4. The first-order valence-electron chi connectivity index (χ1n) is 8.95. The number of benzene rings is 2. The van der Waals surface area contributed by atoms with Crippen molar-refractivity contribution in [1.82, 2.24) is 9.88 Å². The fraction of sp³-hybridized carbons (Fsp3) is 0.286. The van der Waals surface area contributed by atoms with Crippen molar-refractivity contribution >= 4 is 16.8 Å². The second-order valence-electron chi connectivity index (χ2n) is 6.44. The smallest absolute Gasteiger partial charge is 0.253 e. The third-order valence-electron chi connectivity index (χ3n) is 4.79. The summed E-state index contributed by atoms with van der Waals surface area (Å²) >= 11 is 0. The van der Waals surface area contributed by atoms with Gasteiger partial charge in [-0.25, -0.2) is 0 Å². The number of nitrogens with zero attached hydrogens (tertiary/aromatic N) is 1. The molecule has 0 radical (unpaired) electrons. The molecule has 5 nitrogen and oxygen atoms in total. The predicted molar refractivity (Wildman–Crippen MR) is 101 cm³/mol. The molecule has 1 amide bonds. The maximum atomic E-state index is 12.9. The van der Waals surface area contributed by atoms with Crippen LogP contribution in [-0.2, 0) is 6.54 Å². The molecule has 3 aromatic rings. The number of ether oxygens (including phenoxy) is 2. The van der Waals surface area contributed by atoms with Crippen molar-refractivity contribution in [2.24, 2.45) is 0 Å². The van der Waals surface area contributed by atoms with E-state index in [9.17, 15) is 4.79 Å². The molecule has 1 N–H and O–H groups in total. The number of carbonyl (C=O) groups is 1. The Balaban J connectivity index is 1.58. The van der Waals surface area contributed by atoms with Crippen LogP contribution in [0.5, 0.6) is 11.5 Å². The lowest BCUT2D eigenvalue weighted by Crippen LogP contribution is -2.26. The quantitative estimate of drug-likeness (QED) is 0.776. The van der Waals surface area contributed by atoms with Gasteiger partial charge in [0.15, 0.2) is 11.5 Å². The Morgan fingerprint density at radius 2 is 1.92 bits per heavy atom. The predicted octanol–water partition coefficient (Wildman–Crippen LogP) is 3.92. The molecule has 1 atom stereocenters. The van der Waals surface area contributed by atoms with E-state index < -0.39 is 0 Å². The highest BCUT2D eigenvalue weighted by atomic mass is 16.6. The summed E-state index contributed by atoms with van der Waals surface area (Å²) < 4.78 is 13.3. The normalized spacial score (nSPS) is 14.2. The minimum atomic E-state index is -0.137. The fourth-order valence-electron chi connectivity index (χ4n) is 3.38. The van der Waals surface area contributed by atoms with Gasteiger partial charge in [0.1, 0.15) is 13.2 Å². The van der Waals surface area contributed by atoms with Crippen LogP contribution < -0.4 is 14.8 Å². The van der Waals surface area contributed by atoms with Crippen molar-refractivity contribution in [3.63, 3.8) is 0 Å². The van der Waals surface area contributed by atoms with E-state index in [1.807, 2.05) is 55.6 Å². The van der Waals surface area contributed by atoms with E-state index in [0.29, 0.717) is 18.8 Å². The number of hydrogen-bond acceptors (Lipinski definition) is 3. The molecule has 4 rings (SSSR count). The Morgan fingerprint density at radius 3 is 2.73 bits per heavy atom. The third-order valence-corrected chi connectivity index (χ3v) is 4.79. The molecule has 26 heavy (non-hydrogen) atoms. The van der Waals surface area contributed by atoms with Crippen LogP contribution in [0, 0.1) is 0 Å². The Kier molecular flexibility index (Phi) is 4.29. The highest BCUT2D eigenvalue weighted by Crippen LogP contribution is 2.32. The van der Waals surface area contributed by atoms with Gasteiger partial charge in [0.2, 0.25) is 0 Å². The monoisotopic (exact) mass is 350 g/mol. The van der Waals surface area contributed by atoms with Gasteiger partial charge in [0.25, 0.3) is 5.91 Å². The van der Waals surface area contributed by atoms with E-state index in [1.165, 1.54) is 0 Å². The van der Waals surface area contributed by atoms with Crippen molar-refractivity contribution < 1.29 is 14.3 Å². The molecular weight excluding hydrogens is 328 g/mol. The number of hydrogen-bond donors (Lipinski definition) is 1. The molecule has 134 valence electrons. The molecule has 2 aromatic carbocycles. The van der Waals surface area contributed by atoms with Crippen molar-refractivity contribution in [2.45, 2.75) is 26.4 Å². The van der Waals surface area contributed by atoms with Crippen molar-refractivity contribution in [3.05, 3.63) is 59.8 Å². The van der Waals surface area contributed by atoms with Crippen LogP contribution in [-0.4, -0.2) is 23.7 Å². The van der Waals surface area contributed by atoms with Crippen molar-refractivity contribution in [2.75, 3.05) is 13.2 Å². The van der Waals surface area contributed by atoms with Gasteiger partial charge in [0, 0.05) is 23.6 Å². The first-order chi connectivity index (χ1) is 12.7. The number of nitrogens with one attached hydrogen (secondary N) is 1. The van der Waals surface area contributed by atoms with Crippen molar-refractivity contribution in [1.29, 1.82) is 0 Å². The Bertz CT molecular complexity index is 961. The van der Waals surface area contributed by atoms with Gasteiger partial charge in [0.05, 0.1) is 11.6 Å². The van der Waals surface area contributed by atoms with Crippen LogP contribution >= 0.6 is 0 Å². The molecule has 0 saturated carbocycles. The van der Waals surface area contributed by atoms with Crippen LogP contribution in [0.3, 0.4) is 0 Å². The zero-order valence-electron chi connectivity index (χ0n) is 15.0. The van der Waals surface area contributed by atoms with E-state index in [1.54, 1.807) is 0 Å². The lowest BCUT2D eigenvalue weighted by Gasteiger charge is -2.21. The summed E-state index contributed by atoms with van der Waals surface area (Å²) in [6, 6.07) is 13.7. The summed E-state index contributed by atoms with van der Waals surface area (Å²) in [5.74, 6) is 1.41. The molecule has 0 spiro atoms. The molecule has 0 bridgehead atoms. The maximum Gasteiger partial charge on any atom is 0.253 e. The van der Waals surface area contributed by atoms with Gasteiger partial charge >= 0.3 is 0 Å². The zero-order chi connectivity index (χ0) is 18.1. The van der Waals surface area contributed by atoms with E-state index in [4.69, 9.17) is 9.47 Å². The van der Waals surface area contributed by atoms with E-state index in [2.05, 4.69) is 16.8 Å². The van der Waals surface area contributed by atoms with Gasteiger partial charge in [-0.1, -0.05) is 24.3 Å². The maximum absolute atomic E-state index is 12.9. The fourth-order valence-corrected chi connectivity index (χ4v) is 3.38. The average molecular weight is 350 g/mol. The second kappa shape index (κ2) is 6.75. The van der Waals surface area contributed by atoms with Crippen LogP contribution in [0.25, 0.3) is 10.9 Å². The number of fused-ring (bicyclic) bond motifs is 2. The lowest BCUT2D eigenvalue weighted by molar-refractivity contribution is 0.0941. The molecule has 1 aliphatic rings. The van der Waals surface area contributed by atoms with Gasteiger partial charge < -0.3 is 19.4 Å². The van der Waals surface area contributed by atoms with E-state index in [-0.39, 0.29) is 11.9 Å². The number of aryl methyl sites for hydroxylation is 1. The van der Waals surface area contributed by atoms with Crippen LogP contribution in [0.2, 0.25) is 0 Å². The summed E-state index contributed by atoms with van der Waals surface area (Å²) in [4.78, 5) is 12.9. The standard InChI is InChI=1S/C21H22N2O3/c1-3-23-13-17(16-6-4-5-7-18(16)23)21(24)22-14(2)15-8-9-19-20(12-15)26-11-10-25-19/h4-9,12-14H,3,10-11H2,1-2H3,(H,22,24)/t14-/m1/s1. The molecule has 0 fully saturated rings. The molecule has 1 aliphatic heterocycles. The van der Waals surface area contributed by atoms with Gasteiger partial charge in [-0.3, -0.25) is 4.79 Å². The molecule has 0 unspecified atom stereocenters. The summed E-state index contributed by atoms with van der Waals surface area (Å²) in [6.45, 7) is 5.99. The zero-order valence-corrected chi connectivity index (χ0v) is 15.0. The first kappa shape index (κ1) is 16.5. The van der Waals surface area contributed by atoms with Gasteiger partial charge in [-0.15, -0.1) is 0 Å². The third kappa shape index (κ3) is 2.90. The van der Waals surface area contributed by atoms with E-state index in [0.717, 1.165) is 34.5 Å². The summed E-state index contributed by atoms with van der Waals surface area (Å²) in [7, 11) is 0. The summed E-state index contributed by atoms with van der Waals surface area (Å²) in [5.41, 5.74) is 2.76. The molecule has 0 aliphatic carbocycles. The minimum Gasteiger partial charge on any atom is -0.486 e. The molecule has 1 aromatic heterocycles. The van der Waals surface area contributed by atoms with E-state index >= 15 is 0 Å². The summed E-state index contributed by atoms with van der Waals surface area (Å²) in [5, 5.41) is 4.07. The van der Waals surface area contributed by atoms with Crippen LogP contribution in [0.15, 0.2) is 48.7 Å². The van der Waals surface area contributed by atoms with Crippen LogP contribution in [0.4, 0.5) is 0 Å². The lowest BCUT2D eigenvalue weighted by atomic mass is 10.1. The number of aromatic nitrogens is 1. The second-order valence-corrected chi connectivity index (χ2v) is 6.44. The van der Waals surface area contributed by atoms with Crippen molar-refractivity contribution in [3.8, 4) is 11.5 Å². The van der Waals surface area contributed by atoms with Gasteiger partial charge in [-0.05, 0) is 37.6 Å². The topological polar surface area (TPSA) is 52.5 Å². The largest absolute Gasteiger partial charge is 0.486 e. The Labute approximate surface area is 152 Å². The molecule has 0 saturated heterocycles. The first-order valence-corrected chi connectivity index (χ1v) is 8.95. The number of para-hydroxylation sites is 1. The minimum absolute atomic E-state index is 0.0733. The molecule has 2 heterocycles. The summed E-state index contributed by atoms with van der Waals surface area (Å²) in [6.07, 6.45) is 1.93. The Hall–Kier alpha value is -2.95. The SMILES string of the molecule is CCn1cc(C(=O)N[C@H](C)c2ccc3c(c2)OCCO3)c2ccccc21. The Morgan fingerprint density at radius 1 is 1.15 bits per heavy atom. The molecular formula is C21H22N2O3. The average Bonchev–Trinajstić information content (AvgIpc) is 3.06. The molecule has 5 heteroatoms. The van der Waals surface area contributed by atoms with Gasteiger partial charge in [-0.2, -0.15) is 0 Å².